The first-order valence-electron chi connectivity index (χ1n) is 9.75. The molecule has 2 aromatic heterocycles. The summed E-state index contributed by atoms with van der Waals surface area (Å²) in [4.78, 5) is 7.48. The normalized spacial score (nSPS) is 12.0. The van der Waals surface area contributed by atoms with Crippen LogP contribution in [0.25, 0.3) is 10.9 Å². The van der Waals surface area contributed by atoms with Crippen LogP contribution < -0.4 is 10.6 Å². The maximum Gasteiger partial charge on any atom is 0.191 e. The van der Waals surface area contributed by atoms with Crippen molar-refractivity contribution >= 4 is 16.9 Å². The maximum atomic E-state index is 13.5. The zero-order valence-electron chi connectivity index (χ0n) is 17.5. The molecular weight excluding hydrogens is 371 g/mol. The van der Waals surface area contributed by atoms with Crippen LogP contribution in [0.3, 0.4) is 0 Å². The lowest BCUT2D eigenvalue weighted by Crippen LogP contribution is -2.38. The van der Waals surface area contributed by atoms with E-state index in [1.807, 2.05) is 17.8 Å². The number of benzene rings is 1. The molecule has 0 saturated heterocycles. The first-order valence-corrected chi connectivity index (χ1v) is 9.75. The SMILES string of the molecule is CN=C(NCCc1c[nH]c2ccc(F)cc12)NCc1c(C)nn(CCOC)c1C. The summed E-state index contributed by atoms with van der Waals surface area (Å²) in [6.45, 7) is 6.78. The van der Waals surface area contributed by atoms with Crippen LogP contribution in [0.2, 0.25) is 0 Å². The quantitative estimate of drug-likeness (QED) is 0.401. The lowest BCUT2D eigenvalue weighted by Gasteiger charge is -2.12. The molecule has 0 atom stereocenters. The first-order chi connectivity index (χ1) is 14.0. The van der Waals surface area contributed by atoms with Gasteiger partial charge in [-0.1, -0.05) is 0 Å². The van der Waals surface area contributed by atoms with Gasteiger partial charge in [-0.2, -0.15) is 5.10 Å². The molecule has 0 fully saturated rings. The van der Waals surface area contributed by atoms with Crippen molar-refractivity contribution in [2.75, 3.05) is 27.3 Å². The Morgan fingerprint density at radius 2 is 2.14 bits per heavy atom. The number of aromatic nitrogens is 3. The van der Waals surface area contributed by atoms with Crippen molar-refractivity contribution in [3.8, 4) is 0 Å². The van der Waals surface area contributed by atoms with Gasteiger partial charge in [-0.3, -0.25) is 9.67 Å². The van der Waals surface area contributed by atoms with Gasteiger partial charge in [0.15, 0.2) is 5.96 Å². The van der Waals surface area contributed by atoms with E-state index in [-0.39, 0.29) is 5.82 Å². The zero-order chi connectivity index (χ0) is 20.8. The molecule has 0 unspecified atom stereocenters. The van der Waals surface area contributed by atoms with Crippen LogP contribution >= 0.6 is 0 Å². The molecular formula is C21H29FN6O. The van der Waals surface area contributed by atoms with Gasteiger partial charge in [0.25, 0.3) is 0 Å². The van der Waals surface area contributed by atoms with Gasteiger partial charge in [0.1, 0.15) is 5.82 Å². The molecule has 8 heteroatoms. The van der Waals surface area contributed by atoms with Gasteiger partial charge in [0.2, 0.25) is 0 Å². The Morgan fingerprint density at radius 3 is 2.90 bits per heavy atom. The third kappa shape index (κ3) is 4.95. The standard InChI is InChI=1S/C21H29FN6O/c1-14-19(15(2)28(27-14)9-10-29-4)13-26-21(23-3)24-8-7-16-12-25-20-6-5-17(22)11-18(16)20/h5-6,11-12,25H,7-10,13H2,1-4H3,(H2,23,24,26). The highest BCUT2D eigenvalue weighted by atomic mass is 19.1. The minimum Gasteiger partial charge on any atom is -0.383 e. The van der Waals surface area contributed by atoms with Gasteiger partial charge in [-0.15, -0.1) is 0 Å². The first kappa shape index (κ1) is 20.9. The summed E-state index contributed by atoms with van der Waals surface area (Å²) < 4.78 is 20.6. The van der Waals surface area contributed by atoms with Crippen molar-refractivity contribution in [3.63, 3.8) is 0 Å². The van der Waals surface area contributed by atoms with E-state index in [4.69, 9.17) is 4.74 Å². The van der Waals surface area contributed by atoms with E-state index < -0.39 is 0 Å². The highest BCUT2D eigenvalue weighted by Crippen LogP contribution is 2.19. The second-order valence-electron chi connectivity index (χ2n) is 6.97. The molecule has 0 aliphatic heterocycles. The molecule has 29 heavy (non-hydrogen) atoms. The van der Waals surface area contributed by atoms with Crippen molar-refractivity contribution in [2.24, 2.45) is 4.99 Å². The fourth-order valence-corrected chi connectivity index (χ4v) is 3.45. The van der Waals surface area contributed by atoms with Crippen LogP contribution in [0, 0.1) is 19.7 Å². The number of nitrogens with one attached hydrogen (secondary N) is 3. The Morgan fingerprint density at radius 1 is 1.31 bits per heavy atom. The van der Waals surface area contributed by atoms with E-state index in [9.17, 15) is 4.39 Å². The molecule has 2 heterocycles. The number of aliphatic imine (C=N–C) groups is 1. The van der Waals surface area contributed by atoms with Gasteiger partial charge >= 0.3 is 0 Å². The van der Waals surface area contributed by atoms with E-state index >= 15 is 0 Å². The van der Waals surface area contributed by atoms with E-state index in [1.165, 1.54) is 6.07 Å². The number of nitrogens with zero attached hydrogens (tertiary/aromatic N) is 3. The highest BCUT2D eigenvalue weighted by Gasteiger charge is 2.12. The van der Waals surface area contributed by atoms with E-state index in [2.05, 4.69) is 32.6 Å². The predicted molar refractivity (Wildman–Crippen MR) is 114 cm³/mol. The van der Waals surface area contributed by atoms with Crippen LogP contribution in [0.4, 0.5) is 4.39 Å². The monoisotopic (exact) mass is 400 g/mol. The predicted octanol–water partition coefficient (Wildman–Crippen LogP) is 2.67. The summed E-state index contributed by atoms with van der Waals surface area (Å²) in [5.74, 6) is 0.500. The molecule has 1 aromatic carbocycles. The minimum atomic E-state index is -0.222. The van der Waals surface area contributed by atoms with E-state index in [1.54, 1.807) is 26.3 Å². The molecule has 0 spiro atoms. The molecule has 0 saturated carbocycles. The third-order valence-electron chi connectivity index (χ3n) is 5.11. The number of guanidine groups is 1. The summed E-state index contributed by atoms with van der Waals surface area (Å²) >= 11 is 0. The summed E-state index contributed by atoms with van der Waals surface area (Å²) in [6.07, 6.45) is 2.69. The third-order valence-corrected chi connectivity index (χ3v) is 5.11. The molecule has 156 valence electrons. The topological polar surface area (TPSA) is 79.3 Å². The van der Waals surface area contributed by atoms with Crippen LogP contribution in [0.15, 0.2) is 29.4 Å². The average Bonchev–Trinajstić information content (AvgIpc) is 3.23. The molecule has 3 rings (SSSR count). The number of hydrogen-bond acceptors (Lipinski definition) is 3. The van der Waals surface area contributed by atoms with Gasteiger partial charge in [-0.05, 0) is 44.0 Å². The molecule has 0 radical (unpaired) electrons. The van der Waals surface area contributed by atoms with Gasteiger partial charge in [0.05, 0.1) is 18.8 Å². The Hall–Kier alpha value is -2.87. The molecule has 0 aliphatic rings. The van der Waals surface area contributed by atoms with E-state index in [0.717, 1.165) is 52.3 Å². The van der Waals surface area contributed by atoms with Crippen molar-refractivity contribution < 1.29 is 9.13 Å². The maximum absolute atomic E-state index is 13.5. The van der Waals surface area contributed by atoms with Crippen molar-refractivity contribution in [1.82, 2.24) is 25.4 Å². The number of hydrogen-bond donors (Lipinski definition) is 3. The zero-order valence-corrected chi connectivity index (χ0v) is 17.5. The van der Waals surface area contributed by atoms with E-state index in [0.29, 0.717) is 19.7 Å². The summed E-state index contributed by atoms with van der Waals surface area (Å²) in [5.41, 5.74) is 5.32. The second-order valence-corrected chi connectivity index (χ2v) is 6.97. The number of aryl methyl sites for hydroxylation is 1. The van der Waals surface area contributed by atoms with Gasteiger partial charge in [0, 0.05) is 55.6 Å². The smallest absolute Gasteiger partial charge is 0.191 e. The van der Waals surface area contributed by atoms with Crippen molar-refractivity contribution in [2.45, 2.75) is 33.4 Å². The summed E-state index contributed by atoms with van der Waals surface area (Å²) in [6, 6.07) is 4.80. The fraction of sp³-hybridized carbons (Fsp3) is 0.429. The lowest BCUT2D eigenvalue weighted by molar-refractivity contribution is 0.182. The van der Waals surface area contributed by atoms with Crippen molar-refractivity contribution in [1.29, 1.82) is 0 Å². The number of H-pyrrole nitrogens is 1. The molecule has 0 bridgehead atoms. The minimum absolute atomic E-state index is 0.222. The molecule has 3 N–H and O–H groups in total. The van der Waals surface area contributed by atoms with Gasteiger partial charge < -0.3 is 20.4 Å². The highest BCUT2D eigenvalue weighted by molar-refractivity contribution is 5.83. The lowest BCUT2D eigenvalue weighted by atomic mass is 10.1. The number of methoxy groups -OCH3 is 1. The molecule has 0 amide bonds. The Labute approximate surface area is 170 Å². The molecule has 3 aromatic rings. The Kier molecular flexibility index (Phi) is 6.87. The largest absolute Gasteiger partial charge is 0.383 e. The number of halogens is 1. The average molecular weight is 401 g/mol. The number of aromatic amines is 1. The Bertz CT molecular complexity index is 991. The second kappa shape index (κ2) is 9.56. The van der Waals surface area contributed by atoms with Crippen LogP contribution in [0.1, 0.15) is 22.5 Å². The summed E-state index contributed by atoms with van der Waals surface area (Å²) in [7, 11) is 3.44. The Balaban J connectivity index is 1.55. The number of ether oxygens (including phenoxy) is 1. The summed E-state index contributed by atoms with van der Waals surface area (Å²) in [5, 5.41) is 12.2. The fourth-order valence-electron chi connectivity index (χ4n) is 3.45. The van der Waals surface area contributed by atoms with Crippen molar-refractivity contribution in [3.05, 3.63) is 52.7 Å². The number of fused-ring (bicyclic) bond motifs is 1. The molecule has 0 aliphatic carbocycles. The van der Waals surface area contributed by atoms with Crippen LogP contribution in [-0.2, 0) is 24.2 Å². The van der Waals surface area contributed by atoms with Gasteiger partial charge in [-0.25, -0.2) is 4.39 Å². The molecule has 7 nitrogen and oxygen atoms in total. The van der Waals surface area contributed by atoms with Crippen LogP contribution in [0.5, 0.6) is 0 Å². The van der Waals surface area contributed by atoms with Crippen LogP contribution in [-0.4, -0.2) is 48.0 Å². The number of rotatable bonds is 8.